The Labute approximate surface area is 47.3 Å². The molecule has 0 aromatic heterocycles. The molecule has 0 rings (SSSR count). The third kappa shape index (κ3) is 2.25. The molecule has 51 valence electrons. The average Bonchev–Trinajstić information content (AvgIpc) is 1.84. The monoisotopic (exact) mass is 143 g/mol. The van der Waals surface area contributed by atoms with Crippen LogP contribution in [0.15, 0.2) is 17.7 Å². The number of rotatable bonds is 1. The molecule has 0 nitrogen and oxygen atoms in total. The Morgan fingerprint density at radius 3 is 1.56 bits per heavy atom. The summed E-state index contributed by atoms with van der Waals surface area (Å²) in [6, 6.07) is 0. The molecule has 5 heteroatoms. The zero-order chi connectivity index (χ0) is 7.44. The van der Waals surface area contributed by atoms with Gasteiger partial charge in [0.1, 0.15) is 0 Å². The van der Waals surface area contributed by atoms with Gasteiger partial charge in [-0.25, -0.2) is 8.78 Å². The van der Waals surface area contributed by atoms with Crippen molar-refractivity contribution in [2.45, 2.75) is 0 Å². The van der Waals surface area contributed by atoms with E-state index in [4.69, 9.17) is 0 Å². The topological polar surface area (TPSA) is 0 Å². The van der Waals surface area contributed by atoms with Crippen molar-refractivity contribution in [3.63, 3.8) is 0 Å². The molecular formula is C4F5. The van der Waals surface area contributed by atoms with Gasteiger partial charge in [0.15, 0.2) is 0 Å². The van der Waals surface area contributed by atoms with Crippen LogP contribution >= 0.6 is 0 Å². The van der Waals surface area contributed by atoms with E-state index in [1.807, 2.05) is 0 Å². The molecule has 0 spiro atoms. The van der Waals surface area contributed by atoms with Crippen LogP contribution in [-0.2, 0) is 0 Å². The first-order chi connectivity index (χ1) is 4.09. The van der Waals surface area contributed by atoms with Crippen LogP contribution in [0.2, 0.25) is 0 Å². The summed E-state index contributed by atoms with van der Waals surface area (Å²) in [5, 5.41) is 0. The largest absolute Gasteiger partial charge is 0.308 e. The summed E-state index contributed by atoms with van der Waals surface area (Å²) in [5.74, 6) is -4.84. The van der Waals surface area contributed by atoms with E-state index in [1.165, 1.54) is 0 Å². The number of hydrogen-bond donors (Lipinski definition) is 0. The highest BCUT2D eigenvalue weighted by Crippen LogP contribution is 2.18. The second kappa shape index (κ2) is 3.21. The smallest absolute Gasteiger partial charge is 0.200 e. The fourth-order valence-electron chi connectivity index (χ4n) is 0.124. The van der Waals surface area contributed by atoms with Crippen molar-refractivity contribution < 1.29 is 22.0 Å². The molecule has 0 N–H and O–H groups in total. The minimum Gasteiger partial charge on any atom is -0.200 e. The van der Waals surface area contributed by atoms with Crippen LogP contribution in [0.4, 0.5) is 22.0 Å². The first kappa shape index (κ1) is 8.13. The Morgan fingerprint density at radius 1 is 1.00 bits per heavy atom. The fourth-order valence-corrected chi connectivity index (χ4v) is 0.124. The summed E-state index contributed by atoms with van der Waals surface area (Å²) in [7, 11) is 0. The van der Waals surface area contributed by atoms with E-state index in [9.17, 15) is 22.0 Å². The molecule has 0 amide bonds. The van der Waals surface area contributed by atoms with Crippen LogP contribution in [0.3, 0.4) is 0 Å². The van der Waals surface area contributed by atoms with Crippen LogP contribution < -0.4 is 0 Å². The van der Waals surface area contributed by atoms with Gasteiger partial charge in [0.25, 0.3) is 0 Å². The zero-order valence-corrected chi connectivity index (χ0v) is 3.89. The second-order valence-electron chi connectivity index (χ2n) is 0.983. The lowest BCUT2D eigenvalue weighted by Crippen LogP contribution is -1.75. The van der Waals surface area contributed by atoms with Crippen LogP contribution in [0, 0.1) is 6.33 Å². The van der Waals surface area contributed by atoms with Gasteiger partial charge < -0.3 is 0 Å². The molecule has 9 heavy (non-hydrogen) atoms. The summed E-state index contributed by atoms with van der Waals surface area (Å²) in [6.45, 7) is 0. The summed E-state index contributed by atoms with van der Waals surface area (Å²) >= 11 is 0. The van der Waals surface area contributed by atoms with E-state index in [2.05, 4.69) is 0 Å². The molecule has 0 heterocycles. The van der Waals surface area contributed by atoms with Gasteiger partial charge >= 0.3 is 6.08 Å². The van der Waals surface area contributed by atoms with Crippen molar-refractivity contribution in [2.24, 2.45) is 0 Å². The van der Waals surface area contributed by atoms with Crippen molar-refractivity contribution in [3.8, 4) is 0 Å². The molecule has 0 bridgehead atoms. The van der Waals surface area contributed by atoms with Gasteiger partial charge in [0.05, 0.1) is 0 Å². The zero-order valence-electron chi connectivity index (χ0n) is 3.89. The maximum absolute atomic E-state index is 11.3. The first-order valence-corrected chi connectivity index (χ1v) is 1.69. The standard InChI is InChI=1S/C4F5/c5-1-2(6)3(7)4(8)9. The third-order valence-corrected chi connectivity index (χ3v) is 0.442. The fraction of sp³-hybridized carbons (Fsp3) is 0. The van der Waals surface area contributed by atoms with E-state index in [0.717, 1.165) is 0 Å². The molecule has 0 fully saturated rings. The minimum absolute atomic E-state index is 0.0831. The van der Waals surface area contributed by atoms with Gasteiger partial charge in [0.2, 0.25) is 18.0 Å². The maximum Gasteiger partial charge on any atom is 0.308 e. The molecule has 0 aliphatic heterocycles. The summed E-state index contributed by atoms with van der Waals surface area (Å²) in [4.78, 5) is 0. The van der Waals surface area contributed by atoms with E-state index >= 15 is 0 Å². The lowest BCUT2D eigenvalue weighted by atomic mass is 10.5. The molecule has 0 atom stereocenters. The summed E-state index contributed by atoms with van der Waals surface area (Å²) < 4.78 is 55.2. The first-order valence-electron chi connectivity index (χ1n) is 1.69. The van der Waals surface area contributed by atoms with Crippen LogP contribution in [-0.4, -0.2) is 0 Å². The van der Waals surface area contributed by atoms with Crippen LogP contribution in [0.1, 0.15) is 0 Å². The van der Waals surface area contributed by atoms with E-state index in [0.29, 0.717) is 0 Å². The average molecular weight is 143 g/mol. The highest BCUT2D eigenvalue weighted by molar-refractivity contribution is 5.14. The van der Waals surface area contributed by atoms with Crippen molar-refractivity contribution in [2.75, 3.05) is 0 Å². The maximum atomic E-state index is 11.3. The molecule has 0 unspecified atom stereocenters. The van der Waals surface area contributed by atoms with Gasteiger partial charge in [-0.3, -0.25) is 0 Å². The number of halogens is 5. The van der Waals surface area contributed by atoms with Gasteiger partial charge in [-0.2, -0.15) is 13.2 Å². The molecule has 0 aliphatic carbocycles. The summed E-state index contributed by atoms with van der Waals surface area (Å²) in [5.41, 5.74) is 0. The predicted octanol–water partition coefficient (Wildman–Crippen LogP) is 2.65. The second-order valence-corrected chi connectivity index (χ2v) is 0.983. The number of allylic oxidation sites excluding steroid dienone is 2. The molecule has 0 saturated heterocycles. The third-order valence-electron chi connectivity index (χ3n) is 0.442. The Bertz CT molecular complexity index is 152. The number of hydrogen-bond acceptors (Lipinski definition) is 0. The molecule has 0 aromatic rings. The van der Waals surface area contributed by atoms with Gasteiger partial charge in [-0.1, -0.05) is 0 Å². The minimum atomic E-state index is -2.90. The molecule has 0 aromatic carbocycles. The molecule has 0 saturated carbocycles. The Balaban J connectivity index is 4.40. The van der Waals surface area contributed by atoms with Gasteiger partial charge in [-0.15, -0.1) is 0 Å². The SMILES string of the molecule is F/[C]=C(/F)C(F)=C(F)F. The molecular weight excluding hydrogens is 143 g/mol. The summed E-state index contributed by atoms with van der Waals surface area (Å²) in [6.07, 6.45) is -2.82. The molecule has 1 radical (unpaired) electrons. The van der Waals surface area contributed by atoms with E-state index < -0.39 is 17.7 Å². The van der Waals surface area contributed by atoms with Crippen molar-refractivity contribution in [1.29, 1.82) is 0 Å². The Kier molecular flexibility index (Phi) is 2.90. The van der Waals surface area contributed by atoms with Gasteiger partial charge in [0, 0.05) is 0 Å². The van der Waals surface area contributed by atoms with Crippen LogP contribution in [0.25, 0.3) is 0 Å². The van der Waals surface area contributed by atoms with E-state index in [1.54, 1.807) is 0 Å². The van der Waals surface area contributed by atoms with Crippen LogP contribution in [0.5, 0.6) is 0 Å². The molecule has 0 aliphatic rings. The van der Waals surface area contributed by atoms with Crippen molar-refractivity contribution in [3.05, 3.63) is 24.1 Å². The Morgan fingerprint density at radius 2 is 1.44 bits per heavy atom. The van der Waals surface area contributed by atoms with Crippen molar-refractivity contribution in [1.82, 2.24) is 0 Å². The van der Waals surface area contributed by atoms with Crippen molar-refractivity contribution >= 4 is 0 Å². The quantitative estimate of drug-likeness (QED) is 0.391. The highest BCUT2D eigenvalue weighted by Gasteiger charge is 2.10. The Hall–Kier alpha value is -0.870. The van der Waals surface area contributed by atoms with Gasteiger partial charge in [-0.05, 0) is 0 Å². The highest BCUT2D eigenvalue weighted by atomic mass is 19.3. The normalized spacial score (nSPS) is 11.4. The lowest BCUT2D eigenvalue weighted by molar-refractivity contribution is 0.368. The lowest BCUT2D eigenvalue weighted by Gasteiger charge is -1.84. The predicted molar refractivity (Wildman–Crippen MR) is 19.3 cm³/mol. The van der Waals surface area contributed by atoms with E-state index in [-0.39, 0.29) is 6.33 Å².